The molecule has 1 fully saturated rings. The molecule has 4 rings (SSSR count). The lowest BCUT2D eigenvalue weighted by atomic mass is 9.88. The second kappa shape index (κ2) is 10.8. The van der Waals surface area contributed by atoms with E-state index < -0.39 is 0 Å². The van der Waals surface area contributed by atoms with Crippen molar-refractivity contribution in [2.24, 2.45) is 4.99 Å². The van der Waals surface area contributed by atoms with Gasteiger partial charge in [0.05, 0.1) is 6.61 Å². The fourth-order valence-corrected chi connectivity index (χ4v) is 4.61. The average Bonchev–Trinajstić information content (AvgIpc) is 3.30. The van der Waals surface area contributed by atoms with Gasteiger partial charge in [0.25, 0.3) is 0 Å². The predicted octanol–water partition coefficient (Wildman–Crippen LogP) is 3.23. The van der Waals surface area contributed by atoms with E-state index in [1.807, 2.05) is 7.05 Å². The lowest BCUT2D eigenvalue weighted by Gasteiger charge is -2.41. The van der Waals surface area contributed by atoms with Gasteiger partial charge in [0, 0.05) is 51.4 Å². The van der Waals surface area contributed by atoms with Crippen LogP contribution in [0, 0.1) is 0 Å². The molecule has 6 nitrogen and oxygen atoms in total. The second-order valence-electron chi connectivity index (χ2n) is 8.81. The van der Waals surface area contributed by atoms with Crippen molar-refractivity contribution in [2.45, 2.75) is 44.2 Å². The standard InChI is InChI=1S/C26H36N4O2/c1-20(22-6-4-3-5-7-22)30-26(12-16-31-17-13-26)19-29-25(27-2)28-14-10-21-8-9-24-23(18-21)11-15-32-24/h3-9,18,20,30H,10-17,19H2,1-2H3,(H2,27,28,29). The topological polar surface area (TPSA) is 66.9 Å². The Morgan fingerprint density at radius 1 is 1.06 bits per heavy atom. The summed E-state index contributed by atoms with van der Waals surface area (Å²) in [5.41, 5.74) is 3.94. The lowest BCUT2D eigenvalue weighted by molar-refractivity contribution is 0.0355. The first kappa shape index (κ1) is 22.6. The van der Waals surface area contributed by atoms with Crippen LogP contribution in [0.5, 0.6) is 5.75 Å². The van der Waals surface area contributed by atoms with Gasteiger partial charge in [0.1, 0.15) is 5.75 Å². The number of guanidine groups is 1. The van der Waals surface area contributed by atoms with Crippen LogP contribution in [0.1, 0.15) is 42.5 Å². The molecule has 0 bridgehead atoms. The van der Waals surface area contributed by atoms with Crippen LogP contribution >= 0.6 is 0 Å². The number of nitrogens with one attached hydrogen (secondary N) is 3. The smallest absolute Gasteiger partial charge is 0.191 e. The van der Waals surface area contributed by atoms with Crippen LogP contribution in [-0.2, 0) is 17.6 Å². The molecule has 1 saturated heterocycles. The Morgan fingerprint density at radius 3 is 2.66 bits per heavy atom. The fraction of sp³-hybridized carbons (Fsp3) is 0.500. The largest absolute Gasteiger partial charge is 0.493 e. The number of hydrogen-bond donors (Lipinski definition) is 3. The Morgan fingerprint density at radius 2 is 1.88 bits per heavy atom. The molecule has 2 heterocycles. The molecule has 2 aliphatic heterocycles. The van der Waals surface area contributed by atoms with E-state index in [2.05, 4.69) is 76.4 Å². The predicted molar refractivity (Wildman–Crippen MR) is 129 cm³/mol. The minimum absolute atomic E-state index is 0.0227. The molecular formula is C26H36N4O2. The van der Waals surface area contributed by atoms with Gasteiger partial charge in [-0.05, 0) is 48.9 Å². The van der Waals surface area contributed by atoms with Gasteiger partial charge < -0.3 is 25.4 Å². The van der Waals surface area contributed by atoms with E-state index in [1.54, 1.807) is 0 Å². The zero-order valence-electron chi connectivity index (χ0n) is 19.3. The summed E-state index contributed by atoms with van der Waals surface area (Å²) < 4.78 is 11.3. The molecule has 1 atom stereocenters. The number of hydrogen-bond acceptors (Lipinski definition) is 4. The van der Waals surface area contributed by atoms with Crippen LogP contribution in [0.15, 0.2) is 53.5 Å². The maximum Gasteiger partial charge on any atom is 0.191 e. The van der Waals surface area contributed by atoms with Gasteiger partial charge in [0.2, 0.25) is 0 Å². The number of ether oxygens (including phenoxy) is 2. The highest BCUT2D eigenvalue weighted by atomic mass is 16.5. The lowest BCUT2D eigenvalue weighted by Crippen LogP contribution is -2.58. The molecule has 2 aromatic carbocycles. The monoisotopic (exact) mass is 436 g/mol. The molecule has 172 valence electrons. The number of aliphatic imine (C=N–C) groups is 1. The van der Waals surface area contributed by atoms with Crippen molar-refractivity contribution in [3.05, 3.63) is 65.2 Å². The number of rotatable bonds is 8. The van der Waals surface area contributed by atoms with Gasteiger partial charge in [-0.25, -0.2) is 0 Å². The van der Waals surface area contributed by atoms with Gasteiger partial charge >= 0.3 is 0 Å². The van der Waals surface area contributed by atoms with Crippen LogP contribution in [-0.4, -0.2) is 51.5 Å². The van der Waals surface area contributed by atoms with Gasteiger partial charge in [-0.15, -0.1) is 0 Å². The van der Waals surface area contributed by atoms with Crippen molar-refractivity contribution in [1.29, 1.82) is 0 Å². The first-order chi connectivity index (χ1) is 15.7. The third kappa shape index (κ3) is 5.81. The van der Waals surface area contributed by atoms with Gasteiger partial charge in [-0.1, -0.05) is 42.5 Å². The van der Waals surface area contributed by atoms with Crippen molar-refractivity contribution in [1.82, 2.24) is 16.0 Å². The molecular weight excluding hydrogens is 400 g/mol. The minimum atomic E-state index is -0.0227. The second-order valence-corrected chi connectivity index (χ2v) is 8.81. The van der Waals surface area contributed by atoms with Crippen molar-refractivity contribution in [3.63, 3.8) is 0 Å². The highest BCUT2D eigenvalue weighted by Gasteiger charge is 2.34. The third-order valence-corrected chi connectivity index (χ3v) is 6.55. The van der Waals surface area contributed by atoms with Gasteiger partial charge in [0.15, 0.2) is 5.96 Å². The molecule has 6 heteroatoms. The molecule has 2 aliphatic rings. The quantitative estimate of drug-likeness (QED) is 0.438. The zero-order chi connectivity index (χ0) is 22.2. The molecule has 0 spiro atoms. The average molecular weight is 437 g/mol. The van der Waals surface area contributed by atoms with E-state index in [9.17, 15) is 0 Å². The van der Waals surface area contributed by atoms with Gasteiger partial charge in [-0.3, -0.25) is 4.99 Å². The Labute approximate surface area is 191 Å². The Kier molecular flexibility index (Phi) is 7.66. The van der Waals surface area contributed by atoms with Crippen LogP contribution in [0.4, 0.5) is 0 Å². The first-order valence-electron chi connectivity index (χ1n) is 11.8. The van der Waals surface area contributed by atoms with E-state index >= 15 is 0 Å². The molecule has 0 aromatic heterocycles. The Balaban J connectivity index is 1.30. The molecule has 0 saturated carbocycles. The van der Waals surface area contributed by atoms with E-state index in [1.165, 1.54) is 16.7 Å². The highest BCUT2D eigenvalue weighted by Crippen LogP contribution is 2.26. The van der Waals surface area contributed by atoms with E-state index in [0.29, 0.717) is 0 Å². The molecule has 0 amide bonds. The number of fused-ring (bicyclic) bond motifs is 1. The van der Waals surface area contributed by atoms with Crippen LogP contribution < -0.4 is 20.7 Å². The summed E-state index contributed by atoms with van der Waals surface area (Å²) in [6.07, 6.45) is 3.92. The number of benzene rings is 2. The maximum atomic E-state index is 5.67. The summed E-state index contributed by atoms with van der Waals surface area (Å²) >= 11 is 0. The third-order valence-electron chi connectivity index (χ3n) is 6.55. The molecule has 1 unspecified atom stereocenters. The molecule has 32 heavy (non-hydrogen) atoms. The normalized spacial score (nSPS) is 18.5. The minimum Gasteiger partial charge on any atom is -0.493 e. The van der Waals surface area contributed by atoms with Crippen LogP contribution in [0.2, 0.25) is 0 Å². The molecule has 0 aliphatic carbocycles. The van der Waals surface area contributed by atoms with E-state index in [4.69, 9.17) is 9.47 Å². The van der Waals surface area contributed by atoms with Gasteiger partial charge in [-0.2, -0.15) is 0 Å². The fourth-order valence-electron chi connectivity index (χ4n) is 4.61. The van der Waals surface area contributed by atoms with E-state index in [0.717, 1.165) is 70.3 Å². The Hall–Kier alpha value is -2.57. The summed E-state index contributed by atoms with van der Waals surface area (Å²) in [6, 6.07) is 17.4. The van der Waals surface area contributed by atoms with Crippen molar-refractivity contribution >= 4 is 5.96 Å². The van der Waals surface area contributed by atoms with E-state index in [-0.39, 0.29) is 11.6 Å². The molecule has 3 N–H and O–H groups in total. The Bertz CT molecular complexity index is 894. The van der Waals surface area contributed by atoms with Crippen molar-refractivity contribution < 1.29 is 9.47 Å². The summed E-state index contributed by atoms with van der Waals surface area (Å²) in [6.45, 7) is 6.25. The summed E-state index contributed by atoms with van der Waals surface area (Å²) in [5, 5.41) is 10.9. The van der Waals surface area contributed by atoms with Crippen molar-refractivity contribution in [3.8, 4) is 5.75 Å². The number of nitrogens with zero attached hydrogens (tertiary/aromatic N) is 1. The summed E-state index contributed by atoms with van der Waals surface area (Å²) in [7, 11) is 1.83. The highest BCUT2D eigenvalue weighted by molar-refractivity contribution is 5.79. The van der Waals surface area contributed by atoms with Crippen molar-refractivity contribution in [2.75, 3.05) is 40.0 Å². The van der Waals surface area contributed by atoms with Crippen LogP contribution in [0.3, 0.4) is 0 Å². The molecule has 0 radical (unpaired) electrons. The zero-order valence-corrected chi connectivity index (χ0v) is 19.3. The SMILES string of the molecule is CN=C(NCCc1ccc2c(c1)CCO2)NCC1(NC(C)c2ccccc2)CCOCC1. The first-order valence-corrected chi connectivity index (χ1v) is 11.8. The summed E-state index contributed by atoms with van der Waals surface area (Å²) in [4.78, 5) is 4.45. The molecule has 2 aromatic rings. The summed E-state index contributed by atoms with van der Waals surface area (Å²) in [5.74, 6) is 1.88. The maximum absolute atomic E-state index is 5.67. The van der Waals surface area contributed by atoms with Crippen LogP contribution in [0.25, 0.3) is 0 Å².